The first-order valence-corrected chi connectivity index (χ1v) is 6.24. The van der Waals surface area contributed by atoms with E-state index in [1.165, 1.54) is 6.07 Å². The molecule has 0 aliphatic carbocycles. The van der Waals surface area contributed by atoms with Crippen LogP contribution in [-0.2, 0) is 4.79 Å². The minimum absolute atomic E-state index is 0.0926. The van der Waals surface area contributed by atoms with Crippen molar-refractivity contribution in [1.82, 2.24) is 9.80 Å². The second-order valence-corrected chi connectivity index (χ2v) is 4.86. The monoisotopic (exact) mass is 282 g/mol. The third kappa shape index (κ3) is 4.31. The summed E-state index contributed by atoms with van der Waals surface area (Å²) in [6.07, 6.45) is 0. The number of hydrogen-bond donors (Lipinski definition) is 1. The fraction of sp³-hybridized carbons (Fsp3) is 0.429. The number of amides is 1. The minimum Gasteiger partial charge on any atom is -0.480 e. The molecule has 0 aliphatic rings. The number of carbonyl (C=O) groups excluding carboxylic acids is 1. The first-order valence-electron chi connectivity index (χ1n) is 6.24. The second kappa shape index (κ2) is 7.00. The molecule has 0 heterocycles. The third-order valence-electron chi connectivity index (χ3n) is 2.85. The molecular weight excluding hydrogens is 263 g/mol. The van der Waals surface area contributed by atoms with Crippen molar-refractivity contribution in [3.8, 4) is 0 Å². The van der Waals surface area contributed by atoms with Crippen LogP contribution in [-0.4, -0.2) is 60.5 Å². The lowest BCUT2D eigenvalue weighted by molar-refractivity contribution is -0.137. The first-order chi connectivity index (χ1) is 9.32. The van der Waals surface area contributed by atoms with Gasteiger partial charge in [-0.25, -0.2) is 4.39 Å². The Morgan fingerprint density at radius 3 is 2.45 bits per heavy atom. The van der Waals surface area contributed by atoms with E-state index in [9.17, 15) is 14.0 Å². The summed E-state index contributed by atoms with van der Waals surface area (Å²) in [4.78, 5) is 26.1. The number of aliphatic carboxylic acids is 1. The van der Waals surface area contributed by atoms with Gasteiger partial charge in [0.05, 0.1) is 5.56 Å². The predicted molar refractivity (Wildman–Crippen MR) is 73.2 cm³/mol. The quantitative estimate of drug-likeness (QED) is 0.852. The van der Waals surface area contributed by atoms with Crippen LogP contribution in [0.25, 0.3) is 0 Å². The van der Waals surface area contributed by atoms with Gasteiger partial charge >= 0.3 is 5.97 Å². The van der Waals surface area contributed by atoms with Crippen LogP contribution in [0.1, 0.15) is 15.9 Å². The predicted octanol–water partition coefficient (Wildman–Crippen LogP) is 1.22. The van der Waals surface area contributed by atoms with Crippen molar-refractivity contribution in [2.24, 2.45) is 0 Å². The number of carboxylic acid groups (broad SMARTS) is 1. The van der Waals surface area contributed by atoms with E-state index in [0.717, 1.165) is 4.90 Å². The van der Waals surface area contributed by atoms with Gasteiger partial charge in [0.25, 0.3) is 5.91 Å². The SMILES string of the molecule is Cc1cccc(C(=O)N(CCN(C)C)CC(=O)O)c1F. The van der Waals surface area contributed by atoms with E-state index in [1.54, 1.807) is 19.1 Å². The standard InChI is InChI=1S/C14H19FN2O3/c1-10-5-4-6-11(13(10)15)14(20)17(9-12(18)19)8-7-16(2)3/h4-6H,7-9H2,1-3H3,(H,18,19). The van der Waals surface area contributed by atoms with Crippen LogP contribution >= 0.6 is 0 Å². The summed E-state index contributed by atoms with van der Waals surface area (Å²) >= 11 is 0. The highest BCUT2D eigenvalue weighted by Crippen LogP contribution is 2.14. The van der Waals surface area contributed by atoms with E-state index in [0.29, 0.717) is 12.1 Å². The van der Waals surface area contributed by atoms with Crippen LogP contribution in [0.5, 0.6) is 0 Å². The average Bonchev–Trinajstić information content (AvgIpc) is 2.36. The van der Waals surface area contributed by atoms with Gasteiger partial charge < -0.3 is 14.9 Å². The molecule has 20 heavy (non-hydrogen) atoms. The van der Waals surface area contributed by atoms with Crippen molar-refractivity contribution in [2.45, 2.75) is 6.92 Å². The normalized spacial score (nSPS) is 10.7. The molecule has 0 aromatic heterocycles. The third-order valence-corrected chi connectivity index (χ3v) is 2.85. The van der Waals surface area contributed by atoms with Gasteiger partial charge in [-0.3, -0.25) is 9.59 Å². The average molecular weight is 282 g/mol. The molecule has 0 unspecified atom stereocenters. The smallest absolute Gasteiger partial charge is 0.323 e. The summed E-state index contributed by atoms with van der Waals surface area (Å²) in [5, 5.41) is 8.87. The van der Waals surface area contributed by atoms with E-state index in [1.807, 2.05) is 19.0 Å². The number of carbonyl (C=O) groups is 2. The highest BCUT2D eigenvalue weighted by Gasteiger charge is 2.22. The number of benzene rings is 1. The van der Waals surface area contributed by atoms with Gasteiger partial charge in [-0.05, 0) is 32.6 Å². The van der Waals surface area contributed by atoms with Crippen molar-refractivity contribution in [3.63, 3.8) is 0 Å². The Bertz CT molecular complexity index is 503. The zero-order chi connectivity index (χ0) is 15.3. The molecule has 0 aliphatic heterocycles. The lowest BCUT2D eigenvalue weighted by Gasteiger charge is -2.23. The molecule has 0 atom stereocenters. The van der Waals surface area contributed by atoms with Crippen LogP contribution in [0.3, 0.4) is 0 Å². The summed E-state index contributed by atoms with van der Waals surface area (Å²) < 4.78 is 13.9. The van der Waals surface area contributed by atoms with Crippen LogP contribution < -0.4 is 0 Å². The Labute approximate surface area is 117 Å². The Morgan fingerprint density at radius 1 is 1.25 bits per heavy atom. The van der Waals surface area contributed by atoms with Crippen molar-refractivity contribution < 1.29 is 19.1 Å². The number of aryl methyl sites for hydroxylation is 1. The molecule has 6 heteroatoms. The Morgan fingerprint density at radius 2 is 1.90 bits per heavy atom. The van der Waals surface area contributed by atoms with Gasteiger partial charge in [0.2, 0.25) is 0 Å². The van der Waals surface area contributed by atoms with Gasteiger partial charge in [0.15, 0.2) is 0 Å². The summed E-state index contributed by atoms with van der Waals surface area (Å²) in [6.45, 7) is 1.85. The van der Waals surface area contributed by atoms with E-state index >= 15 is 0 Å². The molecule has 1 aromatic carbocycles. The highest BCUT2D eigenvalue weighted by molar-refractivity contribution is 5.96. The minimum atomic E-state index is -1.12. The summed E-state index contributed by atoms with van der Waals surface area (Å²) in [6, 6.07) is 4.51. The molecule has 0 bridgehead atoms. The van der Waals surface area contributed by atoms with Crippen molar-refractivity contribution in [2.75, 3.05) is 33.7 Å². The number of halogens is 1. The molecule has 1 N–H and O–H groups in total. The molecule has 1 aromatic rings. The first kappa shape index (κ1) is 16.1. The molecular formula is C14H19FN2O3. The van der Waals surface area contributed by atoms with Gasteiger partial charge in [-0.2, -0.15) is 0 Å². The summed E-state index contributed by atoms with van der Waals surface area (Å²) in [7, 11) is 3.63. The molecule has 0 fully saturated rings. The summed E-state index contributed by atoms with van der Waals surface area (Å²) in [5.41, 5.74) is 0.267. The highest BCUT2D eigenvalue weighted by atomic mass is 19.1. The topological polar surface area (TPSA) is 60.9 Å². The molecule has 0 spiro atoms. The maximum atomic E-state index is 13.9. The molecule has 1 amide bonds. The second-order valence-electron chi connectivity index (χ2n) is 4.86. The van der Waals surface area contributed by atoms with Gasteiger partial charge in [-0.15, -0.1) is 0 Å². The van der Waals surface area contributed by atoms with E-state index in [4.69, 9.17) is 5.11 Å². The Balaban J connectivity index is 2.97. The summed E-state index contributed by atoms with van der Waals surface area (Å²) in [5.74, 6) is -2.32. The molecule has 5 nitrogen and oxygen atoms in total. The zero-order valence-electron chi connectivity index (χ0n) is 11.9. The van der Waals surface area contributed by atoms with Crippen molar-refractivity contribution in [3.05, 3.63) is 35.1 Å². The number of rotatable bonds is 6. The Hall–Kier alpha value is -1.95. The number of hydrogen-bond acceptors (Lipinski definition) is 3. The van der Waals surface area contributed by atoms with Crippen LogP contribution in [0.15, 0.2) is 18.2 Å². The maximum absolute atomic E-state index is 13.9. The molecule has 1 rings (SSSR count). The number of nitrogens with zero attached hydrogens (tertiary/aromatic N) is 2. The van der Waals surface area contributed by atoms with Crippen LogP contribution in [0.2, 0.25) is 0 Å². The molecule has 0 saturated carbocycles. The molecule has 0 radical (unpaired) electrons. The molecule has 110 valence electrons. The maximum Gasteiger partial charge on any atom is 0.323 e. The fourth-order valence-corrected chi connectivity index (χ4v) is 1.72. The van der Waals surface area contributed by atoms with Crippen LogP contribution in [0.4, 0.5) is 4.39 Å². The van der Waals surface area contributed by atoms with Crippen molar-refractivity contribution in [1.29, 1.82) is 0 Å². The molecule has 0 saturated heterocycles. The lowest BCUT2D eigenvalue weighted by Crippen LogP contribution is -2.40. The zero-order valence-corrected chi connectivity index (χ0v) is 11.9. The van der Waals surface area contributed by atoms with E-state index in [-0.39, 0.29) is 12.1 Å². The number of carboxylic acids is 1. The van der Waals surface area contributed by atoms with Gasteiger partial charge in [-0.1, -0.05) is 12.1 Å². The largest absolute Gasteiger partial charge is 0.480 e. The van der Waals surface area contributed by atoms with Crippen molar-refractivity contribution >= 4 is 11.9 Å². The Kier molecular flexibility index (Phi) is 5.64. The lowest BCUT2D eigenvalue weighted by atomic mass is 10.1. The van der Waals surface area contributed by atoms with E-state index in [2.05, 4.69) is 0 Å². The van der Waals surface area contributed by atoms with Crippen LogP contribution in [0, 0.1) is 12.7 Å². The van der Waals surface area contributed by atoms with Gasteiger partial charge in [0.1, 0.15) is 12.4 Å². The fourth-order valence-electron chi connectivity index (χ4n) is 1.72. The van der Waals surface area contributed by atoms with E-state index < -0.39 is 24.2 Å². The van der Waals surface area contributed by atoms with Gasteiger partial charge in [0, 0.05) is 13.1 Å². The number of likely N-dealkylation sites (N-methyl/N-ethyl adjacent to an activating group) is 1.